The summed E-state index contributed by atoms with van der Waals surface area (Å²) in [5.41, 5.74) is 5.71. The summed E-state index contributed by atoms with van der Waals surface area (Å²) in [4.78, 5) is 2.63. The molecule has 0 radical (unpaired) electrons. The Hall–Kier alpha value is -0.0800. The summed E-state index contributed by atoms with van der Waals surface area (Å²) in [6.07, 6.45) is 5.56. The Morgan fingerprint density at radius 3 is 2.82 bits per heavy atom. The lowest BCUT2D eigenvalue weighted by atomic mass is 9.82. The third kappa shape index (κ3) is 1.09. The van der Waals surface area contributed by atoms with Crippen molar-refractivity contribution in [1.29, 1.82) is 0 Å². The van der Waals surface area contributed by atoms with Gasteiger partial charge in [0, 0.05) is 24.7 Å². The van der Waals surface area contributed by atoms with Crippen molar-refractivity contribution in [3.05, 3.63) is 0 Å². The SMILES string of the molecule is CC1CC2CCCC(CN)N12. The van der Waals surface area contributed by atoms with Gasteiger partial charge in [0.05, 0.1) is 0 Å². The zero-order valence-corrected chi connectivity index (χ0v) is 7.29. The van der Waals surface area contributed by atoms with Crippen molar-refractivity contribution in [3.63, 3.8) is 0 Å². The molecule has 3 unspecified atom stereocenters. The number of rotatable bonds is 1. The highest BCUT2D eigenvalue weighted by molar-refractivity contribution is 4.97. The highest BCUT2D eigenvalue weighted by Crippen LogP contribution is 2.36. The Balaban J connectivity index is 1.99. The third-order valence-electron chi connectivity index (χ3n) is 3.31. The fourth-order valence-electron chi connectivity index (χ4n) is 2.76. The van der Waals surface area contributed by atoms with Gasteiger partial charge in [-0.05, 0) is 26.2 Å². The van der Waals surface area contributed by atoms with E-state index in [9.17, 15) is 0 Å². The lowest BCUT2D eigenvalue weighted by Crippen LogP contribution is -2.62. The number of piperidine rings is 1. The number of hydrogen-bond donors (Lipinski definition) is 1. The molecule has 0 aromatic heterocycles. The molecule has 2 heterocycles. The Labute approximate surface area is 68.7 Å². The smallest absolute Gasteiger partial charge is 0.0224 e. The first-order chi connectivity index (χ1) is 5.33. The third-order valence-corrected chi connectivity index (χ3v) is 3.31. The highest BCUT2D eigenvalue weighted by Gasteiger charge is 2.41. The monoisotopic (exact) mass is 154 g/mol. The van der Waals surface area contributed by atoms with Gasteiger partial charge in [-0.1, -0.05) is 6.42 Å². The number of fused-ring (bicyclic) bond motifs is 1. The van der Waals surface area contributed by atoms with E-state index in [4.69, 9.17) is 5.73 Å². The van der Waals surface area contributed by atoms with Crippen LogP contribution in [-0.4, -0.2) is 29.6 Å². The summed E-state index contributed by atoms with van der Waals surface area (Å²) in [5, 5.41) is 0. The molecule has 2 aliphatic heterocycles. The minimum absolute atomic E-state index is 0.706. The summed E-state index contributed by atoms with van der Waals surface area (Å²) in [5.74, 6) is 0. The van der Waals surface area contributed by atoms with E-state index in [-0.39, 0.29) is 0 Å². The first-order valence-electron chi connectivity index (χ1n) is 4.80. The average Bonchev–Trinajstić information content (AvgIpc) is 2.01. The standard InChI is InChI=1S/C9H18N2/c1-7-5-8-3-2-4-9(6-10)11(7)8/h7-9H,2-6,10H2,1H3. The molecule has 2 aliphatic rings. The van der Waals surface area contributed by atoms with Crippen molar-refractivity contribution in [3.8, 4) is 0 Å². The van der Waals surface area contributed by atoms with Gasteiger partial charge in [-0.3, -0.25) is 4.90 Å². The molecular formula is C9H18N2. The maximum atomic E-state index is 5.71. The highest BCUT2D eigenvalue weighted by atomic mass is 15.3. The van der Waals surface area contributed by atoms with E-state index in [1.807, 2.05) is 0 Å². The van der Waals surface area contributed by atoms with Crippen LogP contribution in [0.3, 0.4) is 0 Å². The van der Waals surface area contributed by atoms with Gasteiger partial charge in [0.2, 0.25) is 0 Å². The molecular weight excluding hydrogens is 136 g/mol. The summed E-state index contributed by atoms with van der Waals surface area (Å²) < 4.78 is 0. The largest absolute Gasteiger partial charge is 0.329 e. The normalized spacial score (nSPS) is 44.7. The molecule has 0 bridgehead atoms. The van der Waals surface area contributed by atoms with Crippen LogP contribution in [0.25, 0.3) is 0 Å². The van der Waals surface area contributed by atoms with Crippen LogP contribution < -0.4 is 5.73 Å². The van der Waals surface area contributed by atoms with Crippen LogP contribution in [0.2, 0.25) is 0 Å². The Morgan fingerprint density at radius 2 is 2.27 bits per heavy atom. The molecule has 2 N–H and O–H groups in total. The van der Waals surface area contributed by atoms with Crippen LogP contribution in [0.5, 0.6) is 0 Å². The molecule has 0 amide bonds. The fourth-order valence-corrected chi connectivity index (χ4v) is 2.76. The average molecular weight is 154 g/mol. The van der Waals surface area contributed by atoms with Gasteiger partial charge in [0.15, 0.2) is 0 Å². The van der Waals surface area contributed by atoms with Gasteiger partial charge in [-0.2, -0.15) is 0 Å². The van der Waals surface area contributed by atoms with Crippen LogP contribution in [-0.2, 0) is 0 Å². The van der Waals surface area contributed by atoms with E-state index >= 15 is 0 Å². The Kier molecular flexibility index (Phi) is 1.90. The van der Waals surface area contributed by atoms with Crippen LogP contribution in [0.1, 0.15) is 32.6 Å². The van der Waals surface area contributed by atoms with Gasteiger partial charge < -0.3 is 5.73 Å². The number of nitrogens with two attached hydrogens (primary N) is 1. The molecule has 0 aliphatic carbocycles. The van der Waals surface area contributed by atoms with Crippen LogP contribution in [0, 0.1) is 0 Å². The van der Waals surface area contributed by atoms with Crippen LogP contribution in [0.15, 0.2) is 0 Å². The second-order valence-corrected chi connectivity index (χ2v) is 4.01. The molecule has 0 saturated carbocycles. The first-order valence-corrected chi connectivity index (χ1v) is 4.80. The van der Waals surface area contributed by atoms with E-state index in [1.54, 1.807) is 0 Å². The van der Waals surface area contributed by atoms with Crippen LogP contribution in [0.4, 0.5) is 0 Å². The van der Waals surface area contributed by atoms with E-state index < -0.39 is 0 Å². The maximum Gasteiger partial charge on any atom is 0.0224 e. The van der Waals surface area contributed by atoms with Gasteiger partial charge in [0.25, 0.3) is 0 Å². The number of nitrogens with zero attached hydrogens (tertiary/aromatic N) is 1. The molecule has 3 atom stereocenters. The molecule has 2 rings (SSSR count). The van der Waals surface area contributed by atoms with Crippen molar-refractivity contribution in [2.45, 2.75) is 50.7 Å². The minimum atomic E-state index is 0.706. The molecule has 0 aromatic carbocycles. The summed E-state index contributed by atoms with van der Waals surface area (Å²) >= 11 is 0. The van der Waals surface area contributed by atoms with Gasteiger partial charge in [-0.25, -0.2) is 0 Å². The predicted molar refractivity (Wildman–Crippen MR) is 46.4 cm³/mol. The Morgan fingerprint density at radius 1 is 1.45 bits per heavy atom. The van der Waals surface area contributed by atoms with E-state index in [1.165, 1.54) is 25.7 Å². The molecule has 0 aromatic rings. The molecule has 64 valence electrons. The second kappa shape index (κ2) is 2.76. The van der Waals surface area contributed by atoms with Gasteiger partial charge in [-0.15, -0.1) is 0 Å². The fraction of sp³-hybridized carbons (Fsp3) is 1.00. The van der Waals surface area contributed by atoms with Gasteiger partial charge >= 0.3 is 0 Å². The van der Waals surface area contributed by atoms with Crippen molar-refractivity contribution in [2.24, 2.45) is 5.73 Å². The van der Waals surface area contributed by atoms with E-state index in [0.717, 1.165) is 18.6 Å². The summed E-state index contributed by atoms with van der Waals surface area (Å²) in [6.45, 7) is 3.19. The molecule has 2 saturated heterocycles. The van der Waals surface area contributed by atoms with Crippen molar-refractivity contribution in [2.75, 3.05) is 6.54 Å². The molecule has 0 spiro atoms. The predicted octanol–water partition coefficient (Wildman–Crippen LogP) is 0.960. The summed E-state index contributed by atoms with van der Waals surface area (Å²) in [7, 11) is 0. The quantitative estimate of drug-likeness (QED) is 0.609. The van der Waals surface area contributed by atoms with Gasteiger partial charge in [0.1, 0.15) is 0 Å². The zero-order valence-electron chi connectivity index (χ0n) is 7.29. The van der Waals surface area contributed by atoms with E-state index in [2.05, 4.69) is 11.8 Å². The lowest BCUT2D eigenvalue weighted by molar-refractivity contribution is -0.0438. The Bertz CT molecular complexity index is 144. The maximum absolute atomic E-state index is 5.71. The van der Waals surface area contributed by atoms with Crippen molar-refractivity contribution in [1.82, 2.24) is 4.90 Å². The molecule has 2 fully saturated rings. The zero-order chi connectivity index (χ0) is 7.84. The second-order valence-electron chi connectivity index (χ2n) is 4.01. The molecule has 2 nitrogen and oxygen atoms in total. The molecule has 11 heavy (non-hydrogen) atoms. The minimum Gasteiger partial charge on any atom is -0.329 e. The topological polar surface area (TPSA) is 29.3 Å². The van der Waals surface area contributed by atoms with Crippen LogP contribution >= 0.6 is 0 Å². The van der Waals surface area contributed by atoms with Crippen molar-refractivity contribution < 1.29 is 0 Å². The van der Waals surface area contributed by atoms with Crippen molar-refractivity contribution >= 4 is 0 Å². The summed E-state index contributed by atoms with van der Waals surface area (Å²) in [6, 6.07) is 2.42. The van der Waals surface area contributed by atoms with E-state index in [0.29, 0.717) is 6.04 Å². The number of hydrogen-bond acceptors (Lipinski definition) is 2. The lowest BCUT2D eigenvalue weighted by Gasteiger charge is -2.54. The molecule has 2 heteroatoms. The first kappa shape index (κ1) is 7.56.